The second kappa shape index (κ2) is 8.22. The summed E-state index contributed by atoms with van der Waals surface area (Å²) in [5.74, 6) is 0.650. The number of nitrogens with zero attached hydrogens (tertiary/aromatic N) is 1. The fourth-order valence-electron chi connectivity index (χ4n) is 4.77. The van der Waals surface area contributed by atoms with Crippen molar-refractivity contribution in [2.24, 2.45) is 17.8 Å². The maximum absolute atomic E-state index is 13.8. The number of halogens is 1. The van der Waals surface area contributed by atoms with Crippen LogP contribution in [0.3, 0.4) is 0 Å². The normalized spacial score (nSPS) is 25.7. The lowest BCUT2D eigenvalue weighted by Crippen LogP contribution is -2.48. The predicted molar refractivity (Wildman–Crippen MR) is 106 cm³/mol. The molecule has 2 aliphatic carbocycles. The van der Waals surface area contributed by atoms with E-state index in [-0.39, 0.29) is 35.5 Å². The Hall–Kier alpha value is -1.91. The first-order valence-electron chi connectivity index (χ1n) is 10.9. The second-order valence-electron chi connectivity index (χ2n) is 8.96. The van der Waals surface area contributed by atoms with E-state index in [0.29, 0.717) is 18.0 Å². The summed E-state index contributed by atoms with van der Waals surface area (Å²) >= 11 is 0. The molecule has 4 rings (SSSR count). The molecule has 152 valence electrons. The predicted octanol–water partition coefficient (Wildman–Crippen LogP) is 4.13. The minimum absolute atomic E-state index is 0.0557. The number of likely N-dealkylation sites (tertiary alicyclic amines) is 1. The number of aryl methyl sites for hydroxylation is 1. The van der Waals surface area contributed by atoms with Gasteiger partial charge in [0.05, 0.1) is 12.0 Å². The number of carbonyl (C=O) groups is 2. The van der Waals surface area contributed by atoms with Gasteiger partial charge in [0.1, 0.15) is 5.82 Å². The number of carbonyl (C=O) groups excluding carboxylic acids is 2. The highest BCUT2D eigenvalue weighted by Crippen LogP contribution is 2.38. The number of hydrogen-bond donors (Lipinski definition) is 1. The van der Waals surface area contributed by atoms with Crippen LogP contribution in [0.15, 0.2) is 18.2 Å². The van der Waals surface area contributed by atoms with Crippen LogP contribution in [-0.4, -0.2) is 29.8 Å². The molecule has 1 heterocycles. The van der Waals surface area contributed by atoms with Gasteiger partial charge >= 0.3 is 0 Å². The molecule has 2 amide bonds. The molecule has 1 aromatic carbocycles. The summed E-state index contributed by atoms with van der Waals surface area (Å²) in [6.45, 7) is 3.01. The molecule has 0 aromatic heterocycles. The van der Waals surface area contributed by atoms with Gasteiger partial charge in [-0.05, 0) is 68.6 Å². The van der Waals surface area contributed by atoms with Crippen molar-refractivity contribution in [3.63, 3.8) is 0 Å². The van der Waals surface area contributed by atoms with Gasteiger partial charge in [-0.15, -0.1) is 0 Å². The van der Waals surface area contributed by atoms with E-state index in [4.69, 9.17) is 0 Å². The molecule has 0 radical (unpaired) electrons. The summed E-state index contributed by atoms with van der Waals surface area (Å²) in [4.78, 5) is 27.9. The summed E-state index contributed by atoms with van der Waals surface area (Å²) in [6, 6.07) is 5.11. The van der Waals surface area contributed by atoms with E-state index in [0.717, 1.165) is 50.6 Å². The van der Waals surface area contributed by atoms with Crippen LogP contribution in [0.1, 0.15) is 68.5 Å². The van der Waals surface area contributed by atoms with Crippen molar-refractivity contribution in [3.8, 4) is 0 Å². The van der Waals surface area contributed by atoms with Gasteiger partial charge in [-0.3, -0.25) is 9.59 Å². The smallest absolute Gasteiger partial charge is 0.226 e. The molecule has 3 fully saturated rings. The average Bonchev–Trinajstić information content (AvgIpc) is 3.38. The third kappa shape index (κ3) is 4.23. The molecule has 0 bridgehead atoms. The average molecular weight is 387 g/mol. The Labute approximate surface area is 166 Å². The largest absolute Gasteiger partial charge is 0.356 e. The zero-order valence-corrected chi connectivity index (χ0v) is 16.8. The van der Waals surface area contributed by atoms with Crippen molar-refractivity contribution < 1.29 is 14.0 Å². The molecule has 28 heavy (non-hydrogen) atoms. The molecule has 0 spiro atoms. The van der Waals surface area contributed by atoms with E-state index in [2.05, 4.69) is 5.32 Å². The highest BCUT2D eigenvalue weighted by Gasteiger charge is 2.39. The van der Waals surface area contributed by atoms with E-state index >= 15 is 0 Å². The van der Waals surface area contributed by atoms with Gasteiger partial charge < -0.3 is 10.2 Å². The van der Waals surface area contributed by atoms with Crippen molar-refractivity contribution in [1.82, 2.24) is 10.2 Å². The Balaban J connectivity index is 1.52. The van der Waals surface area contributed by atoms with Crippen molar-refractivity contribution in [2.45, 2.75) is 64.3 Å². The van der Waals surface area contributed by atoms with E-state index in [1.54, 1.807) is 13.0 Å². The fraction of sp³-hybridized carbons (Fsp3) is 0.652. The van der Waals surface area contributed by atoms with Crippen LogP contribution in [0.2, 0.25) is 0 Å². The van der Waals surface area contributed by atoms with Gasteiger partial charge in [0.15, 0.2) is 0 Å². The monoisotopic (exact) mass is 386 g/mol. The maximum Gasteiger partial charge on any atom is 0.226 e. The Morgan fingerprint density at radius 2 is 1.82 bits per heavy atom. The van der Waals surface area contributed by atoms with Crippen molar-refractivity contribution in [1.29, 1.82) is 0 Å². The Morgan fingerprint density at radius 3 is 2.50 bits per heavy atom. The number of hydrogen-bond acceptors (Lipinski definition) is 2. The first kappa shape index (κ1) is 19.4. The number of rotatable bonds is 5. The summed E-state index contributed by atoms with van der Waals surface area (Å²) in [5, 5.41) is 3.09. The molecule has 3 aliphatic rings. The zero-order valence-electron chi connectivity index (χ0n) is 16.8. The van der Waals surface area contributed by atoms with Crippen LogP contribution in [0.5, 0.6) is 0 Å². The third-order valence-corrected chi connectivity index (χ3v) is 6.77. The van der Waals surface area contributed by atoms with Gasteiger partial charge in [0, 0.05) is 19.0 Å². The Kier molecular flexibility index (Phi) is 5.70. The van der Waals surface area contributed by atoms with Crippen molar-refractivity contribution >= 4 is 11.8 Å². The Bertz CT molecular complexity index is 740. The van der Waals surface area contributed by atoms with E-state index < -0.39 is 0 Å². The molecule has 1 saturated heterocycles. The second-order valence-corrected chi connectivity index (χ2v) is 8.96. The molecule has 1 aliphatic heterocycles. The van der Waals surface area contributed by atoms with Gasteiger partial charge in [0.25, 0.3) is 0 Å². The number of piperidine rings is 1. The highest BCUT2D eigenvalue weighted by molar-refractivity contribution is 5.83. The molecule has 1 aromatic rings. The highest BCUT2D eigenvalue weighted by atomic mass is 19.1. The van der Waals surface area contributed by atoms with Gasteiger partial charge in [-0.1, -0.05) is 25.0 Å². The lowest BCUT2D eigenvalue weighted by atomic mass is 9.86. The van der Waals surface area contributed by atoms with Crippen LogP contribution >= 0.6 is 0 Å². The molecular formula is C23H31FN2O2. The van der Waals surface area contributed by atoms with Crippen LogP contribution in [0, 0.1) is 30.5 Å². The summed E-state index contributed by atoms with van der Waals surface area (Å²) in [7, 11) is 0. The SMILES string of the molecule is Cc1cc(C2CCC(C(=O)NCC3CC3)CN2C(=O)C2CCCC2)ccc1F. The Morgan fingerprint density at radius 1 is 1.07 bits per heavy atom. The standard InChI is InChI=1S/C23H31FN2O2/c1-15-12-18(8-10-20(15)24)21-11-9-19(22(27)25-13-16-6-7-16)14-26(21)23(28)17-4-2-3-5-17/h8,10,12,16-17,19,21H,2-7,9,11,13-14H2,1H3,(H,25,27). The minimum atomic E-state index is -0.217. The molecule has 4 nitrogen and oxygen atoms in total. The number of benzene rings is 1. The van der Waals surface area contributed by atoms with E-state index in [1.807, 2.05) is 11.0 Å². The topological polar surface area (TPSA) is 49.4 Å². The van der Waals surface area contributed by atoms with Crippen molar-refractivity contribution in [2.75, 3.05) is 13.1 Å². The van der Waals surface area contributed by atoms with Gasteiger partial charge in [0.2, 0.25) is 11.8 Å². The summed E-state index contributed by atoms with van der Waals surface area (Å²) in [6.07, 6.45) is 8.06. The fourth-order valence-corrected chi connectivity index (χ4v) is 4.77. The summed E-state index contributed by atoms with van der Waals surface area (Å²) in [5.41, 5.74) is 1.59. The van der Waals surface area contributed by atoms with E-state index in [9.17, 15) is 14.0 Å². The van der Waals surface area contributed by atoms with Crippen molar-refractivity contribution in [3.05, 3.63) is 35.1 Å². The van der Waals surface area contributed by atoms with Gasteiger partial charge in [-0.2, -0.15) is 0 Å². The maximum atomic E-state index is 13.8. The molecule has 5 heteroatoms. The zero-order chi connectivity index (χ0) is 19.7. The molecule has 1 N–H and O–H groups in total. The van der Waals surface area contributed by atoms with Crippen LogP contribution in [0.25, 0.3) is 0 Å². The first-order valence-corrected chi connectivity index (χ1v) is 10.9. The number of nitrogens with one attached hydrogen (secondary N) is 1. The lowest BCUT2D eigenvalue weighted by Gasteiger charge is -2.41. The molecule has 2 saturated carbocycles. The molecule has 2 atom stereocenters. The van der Waals surface area contributed by atoms with E-state index in [1.165, 1.54) is 18.9 Å². The van der Waals surface area contributed by atoms with Crippen LogP contribution in [-0.2, 0) is 9.59 Å². The minimum Gasteiger partial charge on any atom is -0.356 e. The summed E-state index contributed by atoms with van der Waals surface area (Å²) < 4.78 is 13.8. The van der Waals surface area contributed by atoms with Crippen LogP contribution in [0.4, 0.5) is 4.39 Å². The molecule has 2 unspecified atom stereocenters. The first-order chi connectivity index (χ1) is 13.5. The third-order valence-electron chi connectivity index (χ3n) is 6.77. The number of amides is 2. The lowest BCUT2D eigenvalue weighted by molar-refractivity contribution is -0.142. The quantitative estimate of drug-likeness (QED) is 0.827. The van der Waals surface area contributed by atoms with Crippen LogP contribution < -0.4 is 5.32 Å². The molecular weight excluding hydrogens is 355 g/mol. The van der Waals surface area contributed by atoms with Gasteiger partial charge in [-0.25, -0.2) is 4.39 Å².